The van der Waals surface area contributed by atoms with Gasteiger partial charge in [0, 0.05) is 0 Å². The molecule has 0 aliphatic carbocycles. The van der Waals surface area contributed by atoms with Gasteiger partial charge < -0.3 is 0 Å². The van der Waals surface area contributed by atoms with Gasteiger partial charge >= 0.3 is 21.7 Å². The molecule has 0 spiro atoms. The van der Waals surface area contributed by atoms with Crippen LogP contribution in [0.4, 0.5) is 0 Å². The first-order chi connectivity index (χ1) is 5.00. The van der Waals surface area contributed by atoms with E-state index in [-0.39, 0.29) is 21.7 Å². The third-order valence-electron chi connectivity index (χ3n) is 1.11. The molecule has 53 valence electrons. The Hall–Kier alpha value is -0.586. The molecular formula is C10H10Ti+. The molecule has 0 heterocycles. The molecule has 0 fully saturated rings. The fraction of sp³-hybridized carbons (Fsp3) is 0. The molecule has 0 nitrogen and oxygen atoms in total. The third-order valence-corrected chi connectivity index (χ3v) is 1.11. The van der Waals surface area contributed by atoms with Gasteiger partial charge in [0.05, 0.1) is 0 Å². The van der Waals surface area contributed by atoms with Crippen LogP contribution in [0, 0.1) is 0 Å². The quantitative estimate of drug-likeness (QED) is 0.429. The Labute approximate surface area is 82.5 Å². The Balaban J connectivity index is 0.000000167. The van der Waals surface area contributed by atoms with Crippen molar-refractivity contribution in [3.05, 3.63) is 60.7 Å². The van der Waals surface area contributed by atoms with Crippen LogP contribution in [0.2, 0.25) is 0 Å². The van der Waals surface area contributed by atoms with Gasteiger partial charge in [0.15, 0.2) is 0 Å². The first-order valence-electron chi connectivity index (χ1n) is 3.33. The second-order valence-corrected chi connectivity index (χ2v) is 1.92. The van der Waals surface area contributed by atoms with Crippen LogP contribution in [0.5, 0.6) is 0 Å². The van der Waals surface area contributed by atoms with E-state index in [9.17, 15) is 0 Å². The fourth-order valence-corrected chi connectivity index (χ4v) is 0.642. The molecule has 0 bridgehead atoms. The molecule has 2 rings (SSSR count). The van der Waals surface area contributed by atoms with E-state index in [1.165, 1.54) is 0 Å². The summed E-state index contributed by atoms with van der Waals surface area (Å²) in [6.07, 6.45) is 0. The van der Waals surface area contributed by atoms with Crippen LogP contribution in [0.3, 0.4) is 0 Å². The average molecular weight is 178 g/mol. The van der Waals surface area contributed by atoms with E-state index in [1.54, 1.807) is 0 Å². The van der Waals surface area contributed by atoms with E-state index in [1.807, 2.05) is 60.7 Å². The molecule has 11 heavy (non-hydrogen) atoms. The molecule has 0 saturated carbocycles. The van der Waals surface area contributed by atoms with Crippen LogP contribution < -0.4 is 0 Å². The van der Waals surface area contributed by atoms with Gasteiger partial charge in [0.25, 0.3) is 0 Å². The first kappa shape index (κ1) is 10.4. The van der Waals surface area contributed by atoms with Gasteiger partial charge in [-0.15, -0.1) is 0 Å². The van der Waals surface area contributed by atoms with Crippen LogP contribution in [-0.2, 0) is 21.7 Å². The maximum atomic E-state index is 2.00. The SMILES string of the molecule is [Ti+3].c1cc[cH-]c1.c1cc[cH-]c1. The fourth-order valence-electron chi connectivity index (χ4n) is 0.642. The molecule has 1 heteroatoms. The second-order valence-electron chi connectivity index (χ2n) is 1.92. The van der Waals surface area contributed by atoms with Gasteiger partial charge in [-0.05, 0) is 0 Å². The summed E-state index contributed by atoms with van der Waals surface area (Å²) in [5.41, 5.74) is 0. The first-order valence-corrected chi connectivity index (χ1v) is 3.33. The van der Waals surface area contributed by atoms with Crippen LogP contribution in [0.15, 0.2) is 60.7 Å². The van der Waals surface area contributed by atoms with Crippen LogP contribution in [-0.4, -0.2) is 0 Å². The number of hydrogen-bond acceptors (Lipinski definition) is 0. The molecule has 0 saturated heterocycles. The summed E-state index contributed by atoms with van der Waals surface area (Å²) in [5.74, 6) is 0. The van der Waals surface area contributed by atoms with Crippen molar-refractivity contribution in [3.8, 4) is 0 Å². The predicted molar refractivity (Wildman–Crippen MR) is 44.1 cm³/mol. The van der Waals surface area contributed by atoms with Crippen LogP contribution in [0.25, 0.3) is 0 Å². The smallest absolute Gasteiger partial charge is 0.214 e. The molecule has 0 N–H and O–H groups in total. The Morgan fingerprint density at radius 3 is 0.909 bits per heavy atom. The van der Waals surface area contributed by atoms with Gasteiger partial charge in [0.2, 0.25) is 0 Å². The van der Waals surface area contributed by atoms with Crippen molar-refractivity contribution in [3.63, 3.8) is 0 Å². The van der Waals surface area contributed by atoms with Gasteiger partial charge in [-0.1, -0.05) is 0 Å². The zero-order chi connectivity index (χ0) is 7.07. The zero-order valence-electron chi connectivity index (χ0n) is 6.27. The summed E-state index contributed by atoms with van der Waals surface area (Å²) < 4.78 is 0. The van der Waals surface area contributed by atoms with Crippen molar-refractivity contribution in [2.24, 2.45) is 0 Å². The Morgan fingerprint density at radius 2 is 0.818 bits per heavy atom. The molecule has 2 aromatic carbocycles. The van der Waals surface area contributed by atoms with Crippen molar-refractivity contribution in [2.45, 2.75) is 0 Å². The largest absolute Gasteiger partial charge is 3.00 e. The Kier molecular flexibility index (Phi) is 7.12. The van der Waals surface area contributed by atoms with Crippen molar-refractivity contribution >= 4 is 0 Å². The topological polar surface area (TPSA) is 0 Å². The average Bonchev–Trinajstić information content (AvgIpc) is 2.67. The van der Waals surface area contributed by atoms with Gasteiger partial charge in [-0.25, -0.2) is 24.3 Å². The van der Waals surface area contributed by atoms with E-state index in [0.717, 1.165) is 0 Å². The summed E-state index contributed by atoms with van der Waals surface area (Å²) in [6.45, 7) is 0. The Morgan fingerprint density at radius 1 is 0.545 bits per heavy atom. The van der Waals surface area contributed by atoms with Crippen molar-refractivity contribution < 1.29 is 21.7 Å². The molecule has 0 aliphatic heterocycles. The zero-order valence-corrected chi connectivity index (χ0v) is 7.84. The van der Waals surface area contributed by atoms with E-state index < -0.39 is 0 Å². The van der Waals surface area contributed by atoms with Crippen molar-refractivity contribution in [2.75, 3.05) is 0 Å². The van der Waals surface area contributed by atoms with E-state index >= 15 is 0 Å². The normalized spacial score (nSPS) is 7.27. The van der Waals surface area contributed by atoms with Gasteiger partial charge in [-0.2, -0.15) is 36.4 Å². The Bertz CT molecular complexity index is 144. The molecule has 0 aliphatic rings. The molecular weight excluding hydrogens is 168 g/mol. The second kappa shape index (κ2) is 7.52. The van der Waals surface area contributed by atoms with Crippen molar-refractivity contribution in [1.29, 1.82) is 0 Å². The monoisotopic (exact) mass is 178 g/mol. The third kappa shape index (κ3) is 5.84. The summed E-state index contributed by atoms with van der Waals surface area (Å²) >= 11 is 0. The number of rotatable bonds is 0. The van der Waals surface area contributed by atoms with E-state index in [4.69, 9.17) is 0 Å². The number of hydrogen-bond donors (Lipinski definition) is 0. The molecule has 2 aromatic rings. The van der Waals surface area contributed by atoms with Crippen LogP contribution in [0.1, 0.15) is 0 Å². The van der Waals surface area contributed by atoms with E-state index in [2.05, 4.69) is 0 Å². The minimum atomic E-state index is 0. The summed E-state index contributed by atoms with van der Waals surface area (Å²) in [5, 5.41) is 0. The molecule has 0 atom stereocenters. The molecule has 0 unspecified atom stereocenters. The maximum Gasteiger partial charge on any atom is 3.00 e. The standard InChI is InChI=1S/2C5H5.Ti/c2*1-2-4-5-3-1;/h2*1-5H;/q2*-1;+3. The molecule has 1 radical (unpaired) electrons. The predicted octanol–water partition coefficient (Wildman–Crippen LogP) is 2.81. The summed E-state index contributed by atoms with van der Waals surface area (Å²) in [4.78, 5) is 0. The maximum absolute atomic E-state index is 2.00. The summed E-state index contributed by atoms with van der Waals surface area (Å²) in [7, 11) is 0. The van der Waals surface area contributed by atoms with Gasteiger partial charge in [-0.3, -0.25) is 0 Å². The van der Waals surface area contributed by atoms with Crippen LogP contribution >= 0.6 is 0 Å². The minimum Gasteiger partial charge on any atom is -0.214 e. The van der Waals surface area contributed by atoms with Crippen molar-refractivity contribution in [1.82, 2.24) is 0 Å². The molecule has 0 amide bonds. The van der Waals surface area contributed by atoms with Gasteiger partial charge in [0.1, 0.15) is 0 Å². The minimum absolute atomic E-state index is 0. The van der Waals surface area contributed by atoms with E-state index in [0.29, 0.717) is 0 Å². The molecule has 0 aromatic heterocycles. The summed E-state index contributed by atoms with van der Waals surface area (Å²) in [6, 6.07) is 20.0.